The highest BCUT2D eigenvalue weighted by atomic mass is 16.5. The fourth-order valence-corrected chi connectivity index (χ4v) is 3.13. The molecule has 1 aromatic carbocycles. The molecule has 0 aliphatic carbocycles. The number of piperidine rings is 1. The van der Waals surface area contributed by atoms with Crippen molar-refractivity contribution in [2.45, 2.75) is 44.2 Å². The SMILES string of the molecule is CC1CCCC(CNC(=O)C2COc3ccccc32)N1. The Morgan fingerprint density at radius 2 is 2.25 bits per heavy atom. The van der Waals surface area contributed by atoms with E-state index in [2.05, 4.69) is 17.6 Å². The molecular formula is C16H22N2O2. The van der Waals surface area contributed by atoms with E-state index in [0.717, 1.165) is 17.7 Å². The lowest BCUT2D eigenvalue weighted by molar-refractivity contribution is -0.122. The molecule has 108 valence electrons. The van der Waals surface area contributed by atoms with Crippen LogP contribution in [0.2, 0.25) is 0 Å². The maximum absolute atomic E-state index is 12.3. The Morgan fingerprint density at radius 1 is 1.40 bits per heavy atom. The molecule has 1 amide bonds. The van der Waals surface area contributed by atoms with Crippen molar-refractivity contribution in [2.24, 2.45) is 0 Å². The summed E-state index contributed by atoms with van der Waals surface area (Å²) in [6, 6.07) is 8.76. The number of para-hydroxylation sites is 1. The third-order valence-electron chi connectivity index (χ3n) is 4.25. The Kier molecular flexibility index (Phi) is 3.92. The molecule has 0 saturated carbocycles. The lowest BCUT2D eigenvalue weighted by atomic mass is 9.98. The molecule has 2 heterocycles. The van der Waals surface area contributed by atoms with E-state index in [9.17, 15) is 4.79 Å². The third-order valence-corrected chi connectivity index (χ3v) is 4.25. The van der Waals surface area contributed by atoms with Crippen LogP contribution in [-0.4, -0.2) is 31.1 Å². The maximum atomic E-state index is 12.3. The number of hydrogen-bond acceptors (Lipinski definition) is 3. The lowest BCUT2D eigenvalue weighted by Crippen LogP contribution is -2.48. The van der Waals surface area contributed by atoms with Crippen molar-refractivity contribution in [1.82, 2.24) is 10.6 Å². The quantitative estimate of drug-likeness (QED) is 0.884. The first-order valence-corrected chi connectivity index (χ1v) is 7.49. The molecule has 0 radical (unpaired) electrons. The molecule has 2 aliphatic heterocycles. The fourth-order valence-electron chi connectivity index (χ4n) is 3.13. The summed E-state index contributed by atoms with van der Waals surface area (Å²) in [5, 5.41) is 6.61. The minimum Gasteiger partial charge on any atom is -0.492 e. The topological polar surface area (TPSA) is 50.4 Å². The molecule has 4 nitrogen and oxygen atoms in total. The summed E-state index contributed by atoms with van der Waals surface area (Å²) >= 11 is 0. The van der Waals surface area contributed by atoms with Crippen LogP contribution in [0.25, 0.3) is 0 Å². The standard InChI is InChI=1S/C16H22N2O2/c1-11-5-4-6-12(18-11)9-17-16(19)14-10-20-15-8-3-2-7-13(14)15/h2-3,7-8,11-12,14,18H,4-6,9-10H2,1H3,(H,17,19). The molecule has 1 aromatic rings. The Labute approximate surface area is 119 Å². The number of carbonyl (C=O) groups is 1. The van der Waals surface area contributed by atoms with E-state index in [1.807, 2.05) is 24.3 Å². The summed E-state index contributed by atoms with van der Waals surface area (Å²) in [5.41, 5.74) is 1.01. The fraction of sp³-hybridized carbons (Fsp3) is 0.562. The predicted octanol–water partition coefficient (Wildman–Crippen LogP) is 1.81. The van der Waals surface area contributed by atoms with Crippen LogP contribution in [0.15, 0.2) is 24.3 Å². The molecule has 0 aromatic heterocycles. The maximum Gasteiger partial charge on any atom is 0.231 e. The van der Waals surface area contributed by atoms with Crippen LogP contribution >= 0.6 is 0 Å². The molecule has 2 aliphatic rings. The molecule has 3 rings (SSSR count). The van der Waals surface area contributed by atoms with Gasteiger partial charge in [0, 0.05) is 24.2 Å². The van der Waals surface area contributed by atoms with Gasteiger partial charge in [-0.2, -0.15) is 0 Å². The number of nitrogens with one attached hydrogen (secondary N) is 2. The van der Waals surface area contributed by atoms with Gasteiger partial charge in [0.25, 0.3) is 0 Å². The van der Waals surface area contributed by atoms with Crippen molar-refractivity contribution in [3.8, 4) is 5.75 Å². The second-order valence-corrected chi connectivity index (χ2v) is 5.84. The van der Waals surface area contributed by atoms with Crippen LogP contribution in [0.3, 0.4) is 0 Å². The number of carbonyl (C=O) groups excluding carboxylic acids is 1. The van der Waals surface area contributed by atoms with Crippen LogP contribution in [-0.2, 0) is 4.79 Å². The van der Waals surface area contributed by atoms with Gasteiger partial charge in [-0.25, -0.2) is 0 Å². The van der Waals surface area contributed by atoms with E-state index in [1.54, 1.807) is 0 Å². The highest BCUT2D eigenvalue weighted by molar-refractivity contribution is 5.85. The van der Waals surface area contributed by atoms with Crippen LogP contribution in [0.5, 0.6) is 5.75 Å². The third kappa shape index (κ3) is 2.80. The minimum atomic E-state index is -0.160. The van der Waals surface area contributed by atoms with Gasteiger partial charge >= 0.3 is 0 Å². The molecule has 3 atom stereocenters. The number of ether oxygens (including phenoxy) is 1. The summed E-state index contributed by atoms with van der Waals surface area (Å²) in [6.07, 6.45) is 3.61. The second-order valence-electron chi connectivity index (χ2n) is 5.84. The molecule has 4 heteroatoms. The van der Waals surface area contributed by atoms with Crippen LogP contribution in [0.4, 0.5) is 0 Å². The Bertz CT molecular complexity index is 489. The van der Waals surface area contributed by atoms with Crippen LogP contribution in [0.1, 0.15) is 37.7 Å². The predicted molar refractivity (Wildman–Crippen MR) is 77.9 cm³/mol. The first-order chi connectivity index (χ1) is 9.74. The van der Waals surface area contributed by atoms with Gasteiger partial charge in [0.1, 0.15) is 18.3 Å². The van der Waals surface area contributed by atoms with Crippen molar-refractivity contribution in [3.63, 3.8) is 0 Å². The first-order valence-electron chi connectivity index (χ1n) is 7.49. The molecule has 3 unspecified atom stereocenters. The van der Waals surface area contributed by atoms with Gasteiger partial charge < -0.3 is 15.4 Å². The Morgan fingerprint density at radius 3 is 3.10 bits per heavy atom. The smallest absolute Gasteiger partial charge is 0.231 e. The van der Waals surface area contributed by atoms with Crippen molar-refractivity contribution < 1.29 is 9.53 Å². The molecule has 0 spiro atoms. The highest BCUT2D eigenvalue weighted by Gasteiger charge is 2.30. The summed E-state index contributed by atoms with van der Waals surface area (Å²) in [5.74, 6) is 0.763. The zero-order valence-corrected chi connectivity index (χ0v) is 11.9. The average Bonchev–Trinajstić information content (AvgIpc) is 2.89. The average molecular weight is 274 g/mol. The van der Waals surface area contributed by atoms with E-state index >= 15 is 0 Å². The van der Waals surface area contributed by atoms with Crippen molar-refractivity contribution in [2.75, 3.05) is 13.2 Å². The lowest BCUT2D eigenvalue weighted by Gasteiger charge is -2.29. The van der Waals surface area contributed by atoms with Crippen LogP contribution < -0.4 is 15.4 Å². The normalized spacial score (nSPS) is 28.6. The van der Waals surface area contributed by atoms with Gasteiger partial charge in [0.15, 0.2) is 0 Å². The van der Waals surface area contributed by atoms with E-state index in [0.29, 0.717) is 25.2 Å². The first kappa shape index (κ1) is 13.4. The Hall–Kier alpha value is -1.55. The van der Waals surface area contributed by atoms with Crippen LogP contribution in [0, 0.1) is 0 Å². The molecule has 1 fully saturated rings. The van der Waals surface area contributed by atoms with Gasteiger partial charge in [-0.1, -0.05) is 24.6 Å². The van der Waals surface area contributed by atoms with E-state index in [1.165, 1.54) is 12.8 Å². The molecule has 20 heavy (non-hydrogen) atoms. The summed E-state index contributed by atoms with van der Waals surface area (Å²) in [4.78, 5) is 12.3. The number of fused-ring (bicyclic) bond motifs is 1. The van der Waals surface area contributed by atoms with Gasteiger partial charge in [-0.15, -0.1) is 0 Å². The molecule has 2 N–H and O–H groups in total. The van der Waals surface area contributed by atoms with Crippen molar-refractivity contribution in [3.05, 3.63) is 29.8 Å². The Balaban J connectivity index is 1.55. The van der Waals surface area contributed by atoms with Gasteiger partial charge in [0.05, 0.1) is 0 Å². The zero-order valence-electron chi connectivity index (χ0n) is 11.9. The van der Waals surface area contributed by atoms with Crippen molar-refractivity contribution in [1.29, 1.82) is 0 Å². The number of benzene rings is 1. The number of hydrogen-bond donors (Lipinski definition) is 2. The van der Waals surface area contributed by atoms with Crippen molar-refractivity contribution >= 4 is 5.91 Å². The second kappa shape index (κ2) is 5.83. The summed E-state index contributed by atoms with van der Waals surface area (Å²) in [7, 11) is 0. The minimum absolute atomic E-state index is 0.0787. The zero-order chi connectivity index (χ0) is 13.9. The monoisotopic (exact) mass is 274 g/mol. The molecular weight excluding hydrogens is 252 g/mol. The molecule has 1 saturated heterocycles. The number of amides is 1. The number of rotatable bonds is 3. The van der Waals surface area contributed by atoms with E-state index in [4.69, 9.17) is 4.74 Å². The van der Waals surface area contributed by atoms with Gasteiger partial charge in [-0.3, -0.25) is 4.79 Å². The molecule has 0 bridgehead atoms. The highest BCUT2D eigenvalue weighted by Crippen LogP contribution is 2.33. The van der Waals surface area contributed by atoms with E-state index < -0.39 is 0 Å². The van der Waals surface area contributed by atoms with Gasteiger partial charge in [-0.05, 0) is 25.8 Å². The summed E-state index contributed by atoms with van der Waals surface area (Å²) < 4.78 is 5.56. The summed E-state index contributed by atoms with van der Waals surface area (Å²) in [6.45, 7) is 3.37. The largest absolute Gasteiger partial charge is 0.492 e. The van der Waals surface area contributed by atoms with Gasteiger partial charge in [0.2, 0.25) is 5.91 Å². The van der Waals surface area contributed by atoms with E-state index in [-0.39, 0.29) is 11.8 Å².